The largest absolute Gasteiger partial charge is 0.337 e. The maximum atomic E-state index is 12.0. The Labute approximate surface area is 149 Å². The number of benzene rings is 1. The third-order valence-corrected chi connectivity index (χ3v) is 4.72. The second-order valence-corrected chi connectivity index (χ2v) is 6.63. The molecule has 0 aliphatic carbocycles. The number of amides is 1. The maximum absolute atomic E-state index is 12.0. The molecule has 0 saturated carbocycles. The first kappa shape index (κ1) is 18.0. The van der Waals surface area contributed by atoms with Gasteiger partial charge in [-0.15, -0.1) is 16.7 Å². The van der Waals surface area contributed by atoms with Crippen LogP contribution in [0.4, 0.5) is 0 Å². The van der Waals surface area contributed by atoms with Gasteiger partial charge in [-0.3, -0.25) is 4.79 Å². The second-order valence-electron chi connectivity index (χ2n) is 4.86. The van der Waals surface area contributed by atoms with Gasteiger partial charge in [-0.05, 0) is 34.5 Å². The van der Waals surface area contributed by atoms with E-state index in [0.29, 0.717) is 18.1 Å². The fourth-order valence-corrected chi connectivity index (χ4v) is 3.02. The van der Waals surface area contributed by atoms with Gasteiger partial charge in [0.15, 0.2) is 0 Å². The van der Waals surface area contributed by atoms with Crippen molar-refractivity contribution in [3.8, 4) is 0 Å². The summed E-state index contributed by atoms with van der Waals surface area (Å²) in [7, 11) is 1.80. The average Bonchev–Trinajstić information content (AvgIpc) is 2.96. The van der Waals surface area contributed by atoms with Gasteiger partial charge < -0.3 is 4.90 Å². The van der Waals surface area contributed by atoms with Crippen LogP contribution in [-0.4, -0.2) is 49.2 Å². The first-order valence-corrected chi connectivity index (χ1v) is 8.93. The van der Waals surface area contributed by atoms with E-state index in [0.717, 1.165) is 22.9 Å². The van der Waals surface area contributed by atoms with Gasteiger partial charge in [-0.25, -0.2) is 4.68 Å². The molecule has 124 valence electrons. The molecule has 0 spiro atoms. The summed E-state index contributed by atoms with van der Waals surface area (Å²) in [6, 6.07) is 7.46. The minimum Gasteiger partial charge on any atom is -0.337 e. The molecule has 1 aromatic carbocycles. The molecule has 0 saturated heterocycles. The summed E-state index contributed by atoms with van der Waals surface area (Å²) in [5, 5.41) is 12.7. The molecular weight excluding hydrogens is 357 g/mol. The highest BCUT2D eigenvalue weighted by molar-refractivity contribution is 7.99. The molecular formula is C14H17Cl2N5OS. The number of hydrogen-bond acceptors (Lipinski definition) is 5. The topological polar surface area (TPSA) is 63.9 Å². The van der Waals surface area contributed by atoms with Gasteiger partial charge in [-0.2, -0.15) is 0 Å². The van der Waals surface area contributed by atoms with Gasteiger partial charge >= 0.3 is 0 Å². The first-order chi connectivity index (χ1) is 11.1. The van der Waals surface area contributed by atoms with Crippen molar-refractivity contribution in [1.82, 2.24) is 25.1 Å². The number of nitrogens with zero attached hydrogens (tertiary/aromatic N) is 5. The molecule has 0 N–H and O–H groups in total. The summed E-state index contributed by atoms with van der Waals surface area (Å²) in [6.07, 6.45) is 0.827. The number of rotatable bonds is 8. The van der Waals surface area contributed by atoms with Gasteiger partial charge in [0.1, 0.15) is 5.88 Å². The predicted octanol–water partition coefficient (Wildman–Crippen LogP) is 2.61. The van der Waals surface area contributed by atoms with Crippen molar-refractivity contribution in [2.75, 3.05) is 18.2 Å². The SMILES string of the molecule is Cn1nnnc1SCCCN(Cc1ccc(Cl)cc1)C(=O)CCl. The zero-order chi connectivity index (χ0) is 16.7. The van der Waals surface area contributed by atoms with Crippen molar-refractivity contribution >= 4 is 40.9 Å². The smallest absolute Gasteiger partial charge is 0.237 e. The highest BCUT2D eigenvalue weighted by Gasteiger charge is 2.13. The van der Waals surface area contributed by atoms with Crippen molar-refractivity contribution in [2.24, 2.45) is 7.05 Å². The van der Waals surface area contributed by atoms with Crippen LogP contribution in [0.1, 0.15) is 12.0 Å². The fraction of sp³-hybridized carbons (Fsp3) is 0.429. The Bertz CT molecular complexity index is 634. The van der Waals surface area contributed by atoms with E-state index in [1.54, 1.807) is 28.4 Å². The summed E-state index contributed by atoms with van der Waals surface area (Å²) >= 11 is 13.1. The second kappa shape index (κ2) is 9.10. The molecule has 9 heteroatoms. The number of tetrazole rings is 1. The van der Waals surface area contributed by atoms with Crippen LogP contribution in [0.25, 0.3) is 0 Å². The molecule has 6 nitrogen and oxygen atoms in total. The Kier molecular flexibility index (Phi) is 7.14. The van der Waals surface area contributed by atoms with Crippen molar-refractivity contribution in [2.45, 2.75) is 18.1 Å². The number of thioether (sulfide) groups is 1. The predicted molar refractivity (Wildman–Crippen MR) is 91.7 cm³/mol. The number of aromatic nitrogens is 4. The first-order valence-electron chi connectivity index (χ1n) is 7.03. The van der Waals surface area contributed by atoms with E-state index in [-0.39, 0.29) is 11.8 Å². The van der Waals surface area contributed by atoms with Crippen molar-refractivity contribution in [3.63, 3.8) is 0 Å². The number of halogens is 2. The lowest BCUT2D eigenvalue weighted by Gasteiger charge is -2.22. The Morgan fingerprint density at radius 1 is 1.35 bits per heavy atom. The molecule has 0 unspecified atom stereocenters. The lowest BCUT2D eigenvalue weighted by atomic mass is 10.2. The summed E-state index contributed by atoms with van der Waals surface area (Å²) in [4.78, 5) is 13.7. The third-order valence-electron chi connectivity index (χ3n) is 3.14. The highest BCUT2D eigenvalue weighted by atomic mass is 35.5. The molecule has 1 aromatic heterocycles. The van der Waals surface area contributed by atoms with Crippen LogP contribution in [0.2, 0.25) is 5.02 Å². The summed E-state index contributed by atoms with van der Waals surface area (Å²) < 4.78 is 1.63. The highest BCUT2D eigenvalue weighted by Crippen LogP contribution is 2.15. The van der Waals surface area contributed by atoms with Gasteiger partial charge in [0, 0.05) is 30.9 Å². The number of aryl methyl sites for hydroxylation is 1. The standard InChI is InChI=1S/C14H17Cl2N5OS/c1-20-14(17-18-19-20)23-8-2-7-21(13(22)9-15)10-11-3-5-12(16)6-4-11/h3-6H,2,7-10H2,1H3. The van der Waals surface area contributed by atoms with E-state index in [1.165, 1.54) is 0 Å². The van der Waals surface area contributed by atoms with E-state index < -0.39 is 0 Å². The summed E-state index contributed by atoms with van der Waals surface area (Å²) in [6.45, 7) is 1.16. The third kappa shape index (κ3) is 5.67. The van der Waals surface area contributed by atoms with E-state index in [2.05, 4.69) is 15.5 Å². The van der Waals surface area contributed by atoms with Crippen LogP contribution < -0.4 is 0 Å². The lowest BCUT2D eigenvalue weighted by Crippen LogP contribution is -2.32. The van der Waals surface area contributed by atoms with Crippen LogP contribution in [0.15, 0.2) is 29.4 Å². The summed E-state index contributed by atoms with van der Waals surface area (Å²) in [5.41, 5.74) is 1.03. The van der Waals surface area contributed by atoms with Gasteiger partial charge in [0.2, 0.25) is 11.1 Å². The van der Waals surface area contributed by atoms with Crippen molar-refractivity contribution < 1.29 is 4.79 Å². The number of alkyl halides is 1. The summed E-state index contributed by atoms with van der Waals surface area (Å²) in [5.74, 6) is 0.724. The molecule has 1 heterocycles. The molecule has 0 atom stereocenters. The van der Waals surface area contributed by atoms with E-state index in [9.17, 15) is 4.79 Å². The van der Waals surface area contributed by atoms with Crippen LogP contribution >= 0.6 is 35.0 Å². The molecule has 0 fully saturated rings. The minimum absolute atomic E-state index is 0.0199. The molecule has 23 heavy (non-hydrogen) atoms. The Morgan fingerprint density at radius 3 is 2.70 bits per heavy atom. The van der Waals surface area contributed by atoms with Crippen molar-refractivity contribution in [3.05, 3.63) is 34.9 Å². The molecule has 2 aromatic rings. The van der Waals surface area contributed by atoms with Gasteiger partial charge in [-0.1, -0.05) is 35.5 Å². The number of carbonyl (C=O) groups is 1. The van der Waals surface area contributed by atoms with Crippen LogP contribution in [0.3, 0.4) is 0 Å². The molecule has 2 rings (SSSR count). The lowest BCUT2D eigenvalue weighted by molar-refractivity contribution is -0.129. The number of hydrogen-bond donors (Lipinski definition) is 0. The Balaban J connectivity index is 1.84. The van der Waals surface area contributed by atoms with Crippen LogP contribution in [-0.2, 0) is 18.4 Å². The molecule has 1 amide bonds. The normalized spacial score (nSPS) is 10.7. The van der Waals surface area contributed by atoms with E-state index in [1.807, 2.05) is 24.3 Å². The molecule has 0 bridgehead atoms. The zero-order valence-corrected chi connectivity index (χ0v) is 15.0. The van der Waals surface area contributed by atoms with E-state index in [4.69, 9.17) is 23.2 Å². The molecule has 0 aliphatic rings. The number of carbonyl (C=O) groups excluding carboxylic acids is 1. The van der Waals surface area contributed by atoms with Crippen molar-refractivity contribution in [1.29, 1.82) is 0 Å². The molecule has 0 radical (unpaired) electrons. The monoisotopic (exact) mass is 373 g/mol. The van der Waals surface area contributed by atoms with Crippen LogP contribution in [0.5, 0.6) is 0 Å². The molecule has 0 aliphatic heterocycles. The fourth-order valence-electron chi connectivity index (χ4n) is 1.95. The van der Waals surface area contributed by atoms with Gasteiger partial charge in [0.05, 0.1) is 0 Å². The quantitative estimate of drug-likeness (QED) is 0.404. The zero-order valence-electron chi connectivity index (χ0n) is 12.7. The van der Waals surface area contributed by atoms with E-state index >= 15 is 0 Å². The van der Waals surface area contributed by atoms with Gasteiger partial charge in [0.25, 0.3) is 0 Å². The van der Waals surface area contributed by atoms with Crippen LogP contribution in [0, 0.1) is 0 Å². The average molecular weight is 374 g/mol. The Morgan fingerprint density at radius 2 is 2.09 bits per heavy atom. The minimum atomic E-state index is -0.0769. The maximum Gasteiger partial charge on any atom is 0.237 e. The Hall–Kier alpha value is -1.31.